The number of sulfonamides is 1. The highest BCUT2D eigenvalue weighted by atomic mass is 32.2. The fourth-order valence-corrected chi connectivity index (χ4v) is 5.05. The molecule has 2 aromatic rings. The average Bonchev–Trinajstić information content (AvgIpc) is 2.74. The van der Waals surface area contributed by atoms with Gasteiger partial charge < -0.3 is 10.1 Å². The zero-order valence-electron chi connectivity index (χ0n) is 18.1. The van der Waals surface area contributed by atoms with Gasteiger partial charge in [0.25, 0.3) is 0 Å². The van der Waals surface area contributed by atoms with Crippen molar-refractivity contribution in [1.82, 2.24) is 9.62 Å². The smallest absolute Gasteiger partial charge is 0.240 e. The Balaban J connectivity index is 1.43. The van der Waals surface area contributed by atoms with Gasteiger partial charge in [0.05, 0.1) is 17.6 Å². The van der Waals surface area contributed by atoms with E-state index in [9.17, 15) is 13.2 Å². The number of unbranched alkanes of at least 4 members (excludes halogenated alkanes) is 1. The van der Waals surface area contributed by atoms with Crippen LogP contribution in [-0.4, -0.2) is 52.0 Å². The fraction of sp³-hybridized carbons (Fsp3) is 0.435. The number of anilines is 1. The maximum absolute atomic E-state index is 12.6. The summed E-state index contributed by atoms with van der Waals surface area (Å²) in [6.07, 6.45) is 1.76. The lowest BCUT2D eigenvalue weighted by molar-refractivity contribution is -0.114. The number of rotatable bonds is 9. The molecular formula is C23H31N3O4S. The van der Waals surface area contributed by atoms with E-state index in [1.165, 1.54) is 18.6 Å². The van der Waals surface area contributed by atoms with E-state index in [1.54, 1.807) is 19.1 Å². The first-order valence-electron chi connectivity index (χ1n) is 10.6. The van der Waals surface area contributed by atoms with Crippen LogP contribution in [0.2, 0.25) is 0 Å². The molecule has 0 aliphatic carbocycles. The molecule has 7 nitrogen and oxygen atoms in total. The van der Waals surface area contributed by atoms with E-state index in [2.05, 4.69) is 27.1 Å². The molecule has 0 radical (unpaired) electrons. The molecule has 2 N–H and O–H groups in total. The average molecular weight is 446 g/mol. The Morgan fingerprint density at radius 1 is 1.16 bits per heavy atom. The summed E-state index contributed by atoms with van der Waals surface area (Å²) in [6.45, 7) is 6.91. The summed E-state index contributed by atoms with van der Waals surface area (Å²) in [5, 5.41) is 2.66. The van der Waals surface area contributed by atoms with Gasteiger partial charge >= 0.3 is 0 Å². The van der Waals surface area contributed by atoms with Gasteiger partial charge in [-0.3, -0.25) is 9.69 Å². The summed E-state index contributed by atoms with van der Waals surface area (Å²) >= 11 is 0. The first-order chi connectivity index (χ1) is 14.8. The van der Waals surface area contributed by atoms with Crippen molar-refractivity contribution in [2.75, 3.05) is 38.1 Å². The Labute approximate surface area is 184 Å². The van der Waals surface area contributed by atoms with Crippen LogP contribution in [0.25, 0.3) is 0 Å². The molecule has 168 valence electrons. The maximum atomic E-state index is 12.6. The highest BCUT2D eigenvalue weighted by Crippen LogP contribution is 2.22. The Morgan fingerprint density at radius 2 is 1.94 bits per heavy atom. The topological polar surface area (TPSA) is 87.7 Å². The highest BCUT2D eigenvalue weighted by Gasteiger charge is 2.21. The van der Waals surface area contributed by atoms with Gasteiger partial charge in [0.1, 0.15) is 0 Å². The maximum Gasteiger partial charge on any atom is 0.240 e. The molecule has 1 unspecified atom stereocenters. The van der Waals surface area contributed by atoms with Crippen LogP contribution in [0, 0.1) is 6.92 Å². The lowest BCUT2D eigenvalue weighted by Crippen LogP contribution is -2.39. The van der Waals surface area contributed by atoms with Crippen molar-refractivity contribution in [2.24, 2.45) is 0 Å². The van der Waals surface area contributed by atoms with Crippen LogP contribution in [0.5, 0.6) is 0 Å². The third kappa shape index (κ3) is 6.87. The number of nitrogens with one attached hydrogen (secondary N) is 2. The number of morpholine rings is 1. The van der Waals surface area contributed by atoms with Crippen LogP contribution in [0.4, 0.5) is 5.69 Å². The van der Waals surface area contributed by atoms with Gasteiger partial charge in [-0.05, 0) is 55.6 Å². The summed E-state index contributed by atoms with van der Waals surface area (Å²) < 4.78 is 33.8. The molecule has 0 bridgehead atoms. The van der Waals surface area contributed by atoms with Gasteiger partial charge in [0.15, 0.2) is 0 Å². The molecule has 1 aliphatic heterocycles. The molecule has 31 heavy (non-hydrogen) atoms. The summed E-state index contributed by atoms with van der Waals surface area (Å²) in [4.78, 5) is 13.8. The van der Waals surface area contributed by atoms with Crippen molar-refractivity contribution in [3.8, 4) is 0 Å². The molecule has 8 heteroatoms. The molecule has 3 rings (SSSR count). The van der Waals surface area contributed by atoms with Crippen molar-refractivity contribution >= 4 is 21.6 Å². The van der Waals surface area contributed by atoms with Crippen LogP contribution >= 0.6 is 0 Å². The second kappa shape index (κ2) is 10.9. The first kappa shape index (κ1) is 23.4. The number of carbonyl (C=O) groups is 1. The fourth-order valence-electron chi connectivity index (χ4n) is 3.75. The molecule has 1 amide bonds. The van der Waals surface area contributed by atoms with Gasteiger partial charge in [-0.1, -0.05) is 30.3 Å². The molecule has 2 aromatic carbocycles. The summed E-state index contributed by atoms with van der Waals surface area (Å²) in [7, 11) is -3.58. The predicted molar refractivity (Wildman–Crippen MR) is 121 cm³/mol. The zero-order valence-corrected chi connectivity index (χ0v) is 19.0. The SMILES string of the molecule is CC(=O)Nc1ccc(S(=O)(=O)NCCCCN2CCOC(c3ccccc3)C2)c(C)c1. The van der Waals surface area contributed by atoms with Crippen LogP contribution in [0.3, 0.4) is 0 Å². The van der Waals surface area contributed by atoms with Crippen LogP contribution in [0.15, 0.2) is 53.4 Å². The van der Waals surface area contributed by atoms with Gasteiger partial charge in [0.2, 0.25) is 15.9 Å². The lowest BCUT2D eigenvalue weighted by atomic mass is 10.1. The molecule has 1 atom stereocenters. The minimum Gasteiger partial charge on any atom is -0.371 e. The lowest BCUT2D eigenvalue weighted by Gasteiger charge is -2.33. The Hall–Kier alpha value is -2.26. The molecule has 0 aromatic heterocycles. The standard InChI is InChI=1S/C23H31N3O4S/c1-18-16-21(25-19(2)27)10-11-23(18)31(28,29)24-12-6-7-13-26-14-15-30-22(17-26)20-8-4-3-5-9-20/h3-5,8-11,16,22,24H,6-7,12-15,17H2,1-2H3,(H,25,27). The van der Waals surface area contributed by atoms with E-state index in [4.69, 9.17) is 4.74 Å². The van der Waals surface area contributed by atoms with E-state index in [-0.39, 0.29) is 16.9 Å². The van der Waals surface area contributed by atoms with Crippen LogP contribution in [-0.2, 0) is 19.6 Å². The van der Waals surface area contributed by atoms with Crippen molar-refractivity contribution in [2.45, 2.75) is 37.7 Å². The number of carbonyl (C=O) groups excluding carboxylic acids is 1. The highest BCUT2D eigenvalue weighted by molar-refractivity contribution is 7.89. The molecule has 1 saturated heterocycles. The van der Waals surface area contributed by atoms with Gasteiger partial charge in [0, 0.05) is 32.2 Å². The quantitative estimate of drug-likeness (QED) is 0.579. The monoisotopic (exact) mass is 445 g/mol. The summed E-state index contributed by atoms with van der Waals surface area (Å²) in [5.41, 5.74) is 2.38. The molecule has 0 saturated carbocycles. The number of hydrogen-bond donors (Lipinski definition) is 2. The molecule has 1 fully saturated rings. The van der Waals surface area contributed by atoms with E-state index < -0.39 is 10.0 Å². The third-order valence-corrected chi connectivity index (χ3v) is 6.92. The first-order valence-corrected chi connectivity index (χ1v) is 12.1. The van der Waals surface area contributed by atoms with Crippen molar-refractivity contribution in [3.63, 3.8) is 0 Å². The minimum absolute atomic E-state index is 0.0943. The Morgan fingerprint density at radius 3 is 2.65 bits per heavy atom. The molecule has 1 aliphatic rings. The Kier molecular flexibility index (Phi) is 8.20. The van der Waals surface area contributed by atoms with E-state index in [0.717, 1.165) is 32.5 Å². The van der Waals surface area contributed by atoms with Gasteiger partial charge in [-0.2, -0.15) is 0 Å². The molecular weight excluding hydrogens is 414 g/mol. The number of ether oxygens (including phenoxy) is 1. The second-order valence-electron chi connectivity index (χ2n) is 7.84. The van der Waals surface area contributed by atoms with Gasteiger partial charge in [-0.25, -0.2) is 13.1 Å². The third-order valence-electron chi connectivity index (χ3n) is 5.30. The second-order valence-corrected chi connectivity index (χ2v) is 9.57. The van der Waals surface area contributed by atoms with Crippen molar-refractivity contribution in [3.05, 3.63) is 59.7 Å². The largest absolute Gasteiger partial charge is 0.371 e. The van der Waals surface area contributed by atoms with Gasteiger partial charge in [-0.15, -0.1) is 0 Å². The molecule has 0 spiro atoms. The van der Waals surface area contributed by atoms with Crippen LogP contribution < -0.4 is 10.0 Å². The number of hydrogen-bond acceptors (Lipinski definition) is 5. The van der Waals surface area contributed by atoms with Crippen LogP contribution in [0.1, 0.15) is 37.0 Å². The number of nitrogens with zero attached hydrogens (tertiary/aromatic N) is 1. The van der Waals surface area contributed by atoms with E-state index >= 15 is 0 Å². The van der Waals surface area contributed by atoms with Crippen molar-refractivity contribution in [1.29, 1.82) is 0 Å². The number of aryl methyl sites for hydroxylation is 1. The van der Waals surface area contributed by atoms with E-state index in [0.29, 0.717) is 24.4 Å². The minimum atomic E-state index is -3.58. The molecule has 1 heterocycles. The predicted octanol–water partition coefficient (Wildman–Crippen LogP) is 3.09. The van der Waals surface area contributed by atoms with E-state index in [1.807, 2.05) is 18.2 Å². The normalized spacial score (nSPS) is 17.4. The number of amides is 1. The summed E-state index contributed by atoms with van der Waals surface area (Å²) in [6, 6.07) is 15.0. The number of benzene rings is 2. The Bertz CT molecular complexity index is 980. The van der Waals surface area contributed by atoms with Crippen molar-refractivity contribution < 1.29 is 17.9 Å². The zero-order chi connectivity index (χ0) is 22.3. The summed E-state index contributed by atoms with van der Waals surface area (Å²) in [5.74, 6) is -0.191.